The zero-order valence-corrected chi connectivity index (χ0v) is 18.2. The zero-order valence-electron chi connectivity index (χ0n) is 14.5. The van der Waals surface area contributed by atoms with E-state index in [-0.39, 0.29) is 17.4 Å². The van der Waals surface area contributed by atoms with Crippen LogP contribution < -0.4 is 0 Å². The fourth-order valence-electron chi connectivity index (χ4n) is 0.938. The second-order valence-electron chi connectivity index (χ2n) is 3.35. The fourth-order valence-corrected chi connectivity index (χ4v) is 0.938. The fraction of sp³-hybridized carbons (Fsp3) is 0. The van der Waals surface area contributed by atoms with Gasteiger partial charge in [-0.25, -0.2) is 15.8 Å². The van der Waals surface area contributed by atoms with Crippen LogP contribution in [0.3, 0.4) is 0 Å². The quantitative estimate of drug-likeness (QED) is 0.366. The first-order chi connectivity index (χ1) is 13.2. The van der Waals surface area contributed by atoms with Crippen LogP contribution in [-0.4, -0.2) is 15.0 Å². The van der Waals surface area contributed by atoms with Gasteiger partial charge in [0, 0.05) is 37.2 Å². The molecular formula is C18H15CrN6S3. The number of pyridine rings is 3. The van der Waals surface area contributed by atoms with E-state index in [0.717, 1.165) is 0 Å². The van der Waals surface area contributed by atoms with Crippen LogP contribution in [0.2, 0.25) is 0 Å². The average molecular weight is 464 g/mol. The first-order valence-electron chi connectivity index (χ1n) is 6.83. The molecule has 6 nitrogen and oxygen atoms in total. The summed E-state index contributed by atoms with van der Waals surface area (Å²) in [4.78, 5) is 11.4. The summed E-state index contributed by atoms with van der Waals surface area (Å²) in [6, 6.07) is 17.1. The molecule has 0 aromatic carbocycles. The van der Waals surface area contributed by atoms with Gasteiger partial charge in [0.25, 0.3) is 0 Å². The van der Waals surface area contributed by atoms with Crippen molar-refractivity contribution in [1.29, 1.82) is 15.8 Å². The second kappa shape index (κ2) is 39.3. The van der Waals surface area contributed by atoms with E-state index < -0.39 is 0 Å². The molecule has 0 amide bonds. The predicted octanol–water partition coefficient (Wildman–Crippen LogP) is 3.29. The van der Waals surface area contributed by atoms with Gasteiger partial charge in [-0.2, -0.15) is 0 Å². The molecule has 3 rings (SSSR count). The molecule has 1 radical (unpaired) electrons. The Morgan fingerprint density at radius 2 is 0.571 bits per heavy atom. The second-order valence-corrected chi connectivity index (χ2v) is 3.90. The third-order valence-corrected chi connectivity index (χ3v) is 1.70. The maximum Gasteiger partial charge on any atom is 3.00 e. The van der Waals surface area contributed by atoms with Gasteiger partial charge in [-0.3, -0.25) is 15.0 Å². The zero-order chi connectivity index (χ0) is 20.8. The van der Waals surface area contributed by atoms with Gasteiger partial charge in [0.15, 0.2) is 0 Å². The molecule has 28 heavy (non-hydrogen) atoms. The van der Waals surface area contributed by atoms with Gasteiger partial charge in [-0.05, 0) is 36.4 Å². The Bertz CT molecular complexity index is 534. The summed E-state index contributed by atoms with van der Waals surface area (Å²) >= 11 is 11.1. The Hall–Kier alpha value is -2.89. The van der Waals surface area contributed by atoms with Crippen molar-refractivity contribution in [2.24, 2.45) is 0 Å². The van der Waals surface area contributed by atoms with E-state index in [1.165, 1.54) is 16.2 Å². The van der Waals surface area contributed by atoms with Gasteiger partial charge in [-0.1, -0.05) is 34.4 Å². The van der Waals surface area contributed by atoms with Crippen molar-refractivity contribution in [3.05, 3.63) is 91.8 Å². The molecule has 141 valence electrons. The Balaban J connectivity index is -0.000000127. The van der Waals surface area contributed by atoms with Gasteiger partial charge < -0.3 is 37.9 Å². The van der Waals surface area contributed by atoms with Crippen LogP contribution in [0, 0.1) is 32.0 Å². The molecule has 3 heterocycles. The molecule has 0 atom stereocenters. The molecule has 0 aliphatic heterocycles. The molecule has 3 aromatic rings. The van der Waals surface area contributed by atoms with E-state index >= 15 is 0 Å². The standard InChI is InChI=1S/3C5H5N.3CHNS.Cr/c3*1-2-4-6-5-3-1;3*2-1-3;/h3*1-5H;3*3H;/q;;;;;;+3/p-3. The number of nitrogens with zero attached hydrogens (tertiary/aromatic N) is 6. The minimum absolute atomic E-state index is 0. The largest absolute Gasteiger partial charge is 3.00 e. The van der Waals surface area contributed by atoms with Crippen molar-refractivity contribution >= 4 is 37.9 Å². The Morgan fingerprint density at radius 1 is 0.429 bits per heavy atom. The van der Waals surface area contributed by atoms with Crippen LogP contribution in [0.25, 0.3) is 0 Å². The number of aromatic nitrogens is 3. The van der Waals surface area contributed by atoms with Crippen LogP contribution in [0.15, 0.2) is 91.8 Å². The topological polar surface area (TPSA) is 110 Å². The summed E-state index contributed by atoms with van der Waals surface area (Å²) in [5.41, 5.74) is 0. The molecule has 0 unspecified atom stereocenters. The molecule has 0 aliphatic carbocycles. The summed E-state index contributed by atoms with van der Waals surface area (Å²) in [5.74, 6) is 0. The molecule has 3 aromatic heterocycles. The van der Waals surface area contributed by atoms with E-state index in [9.17, 15) is 0 Å². The normalized spacial score (nSPS) is 5.89. The number of hydrogen-bond acceptors (Lipinski definition) is 9. The summed E-state index contributed by atoms with van der Waals surface area (Å²) in [5, 5.41) is 25.4. The summed E-state index contributed by atoms with van der Waals surface area (Å²) < 4.78 is 0. The Morgan fingerprint density at radius 3 is 0.607 bits per heavy atom. The van der Waals surface area contributed by atoms with Gasteiger partial charge in [0.2, 0.25) is 0 Å². The molecule has 0 spiro atoms. The van der Waals surface area contributed by atoms with Crippen molar-refractivity contribution in [3.8, 4) is 16.2 Å². The molecular weight excluding hydrogens is 448 g/mol. The average Bonchev–Trinajstić information content (AvgIpc) is 2.75. The number of rotatable bonds is 0. The number of nitriles is 3. The van der Waals surface area contributed by atoms with Crippen LogP contribution in [0.1, 0.15) is 0 Å². The van der Waals surface area contributed by atoms with Crippen LogP contribution in [-0.2, 0) is 55.2 Å². The molecule has 0 N–H and O–H groups in total. The van der Waals surface area contributed by atoms with Gasteiger partial charge in [0.05, 0.1) is 0 Å². The third-order valence-electron chi connectivity index (χ3n) is 1.70. The minimum Gasteiger partial charge on any atom is -0.696 e. The SMILES string of the molecule is N#C[S-].N#C[S-].N#C[S-].[Cr+3].c1ccncc1.c1ccncc1.c1ccncc1. The summed E-state index contributed by atoms with van der Waals surface area (Å²) in [6.45, 7) is 0. The van der Waals surface area contributed by atoms with Gasteiger partial charge in [0.1, 0.15) is 0 Å². The maximum atomic E-state index is 7.13. The first kappa shape index (κ1) is 32.8. The van der Waals surface area contributed by atoms with E-state index in [2.05, 4.69) is 52.8 Å². The summed E-state index contributed by atoms with van der Waals surface area (Å²) in [7, 11) is 0. The van der Waals surface area contributed by atoms with Crippen molar-refractivity contribution in [2.75, 3.05) is 0 Å². The maximum absolute atomic E-state index is 7.13. The van der Waals surface area contributed by atoms with E-state index in [1.54, 1.807) is 37.2 Å². The monoisotopic (exact) mass is 463 g/mol. The molecule has 0 fully saturated rings. The molecule has 0 saturated carbocycles. The minimum atomic E-state index is 0. The third kappa shape index (κ3) is 49.5. The number of thiocyanates is 3. The van der Waals surface area contributed by atoms with E-state index in [1.807, 2.05) is 54.6 Å². The van der Waals surface area contributed by atoms with Crippen LogP contribution in [0.5, 0.6) is 0 Å². The van der Waals surface area contributed by atoms with E-state index in [4.69, 9.17) is 15.8 Å². The van der Waals surface area contributed by atoms with Gasteiger partial charge in [-0.15, -0.1) is 0 Å². The van der Waals surface area contributed by atoms with E-state index in [0.29, 0.717) is 0 Å². The summed E-state index contributed by atoms with van der Waals surface area (Å²) in [6.07, 6.45) is 10.5. The van der Waals surface area contributed by atoms with Crippen molar-refractivity contribution < 1.29 is 17.4 Å². The Labute approximate surface area is 193 Å². The smallest absolute Gasteiger partial charge is 0.696 e. The van der Waals surface area contributed by atoms with Crippen LogP contribution in [0.4, 0.5) is 0 Å². The molecule has 0 bridgehead atoms. The molecule has 0 aliphatic rings. The Kier molecular flexibility index (Phi) is 45.9. The molecule has 0 saturated heterocycles. The van der Waals surface area contributed by atoms with Crippen molar-refractivity contribution in [1.82, 2.24) is 15.0 Å². The predicted molar refractivity (Wildman–Crippen MR) is 112 cm³/mol. The first-order valence-corrected chi connectivity index (χ1v) is 8.06. The number of hydrogen-bond donors (Lipinski definition) is 0. The van der Waals surface area contributed by atoms with Crippen molar-refractivity contribution in [3.63, 3.8) is 0 Å². The molecule has 10 heteroatoms. The van der Waals surface area contributed by atoms with Crippen LogP contribution >= 0.6 is 0 Å². The van der Waals surface area contributed by atoms with Gasteiger partial charge >= 0.3 is 17.4 Å². The van der Waals surface area contributed by atoms with Crippen molar-refractivity contribution in [2.45, 2.75) is 0 Å².